The van der Waals surface area contributed by atoms with Crippen LogP contribution in [0.4, 0.5) is 0 Å². The van der Waals surface area contributed by atoms with Crippen molar-refractivity contribution in [2.24, 2.45) is 11.8 Å². The van der Waals surface area contributed by atoms with Gasteiger partial charge in [-0.15, -0.1) is 0 Å². The summed E-state index contributed by atoms with van der Waals surface area (Å²) in [5.41, 5.74) is 8.26. The van der Waals surface area contributed by atoms with Crippen LogP contribution in [0, 0.1) is 11.8 Å². The molecule has 4 aliphatic rings. The molecule has 1 fully saturated rings. The Hall–Kier alpha value is -4.29. The number of amides is 2. The Labute approximate surface area is 224 Å². The van der Waals surface area contributed by atoms with Gasteiger partial charge in [0, 0.05) is 23.1 Å². The van der Waals surface area contributed by atoms with Gasteiger partial charge in [0.15, 0.2) is 0 Å². The lowest BCUT2D eigenvalue weighted by atomic mass is 9.55. The summed E-state index contributed by atoms with van der Waals surface area (Å²) in [5.74, 6) is 0.258. The molecule has 6 nitrogen and oxygen atoms in total. The van der Waals surface area contributed by atoms with Gasteiger partial charge in [0.05, 0.1) is 24.5 Å². The highest BCUT2D eigenvalue weighted by Crippen LogP contribution is 2.60. The number of methoxy groups -OCH3 is 1. The number of nitrogens with one attached hydrogen (secondary N) is 1. The average molecular weight is 523 g/mol. The molecule has 1 aromatic heterocycles. The minimum Gasteiger partial charge on any atom is -0.496 e. The maximum Gasteiger partial charge on any atom is 0.253 e. The zero-order valence-electron chi connectivity index (χ0n) is 20.4. The van der Waals surface area contributed by atoms with E-state index in [2.05, 4.69) is 29.7 Å². The van der Waals surface area contributed by atoms with E-state index in [0.717, 1.165) is 27.8 Å². The van der Waals surface area contributed by atoms with Crippen molar-refractivity contribution in [3.63, 3.8) is 0 Å². The van der Waals surface area contributed by atoms with Gasteiger partial charge >= 0.3 is 0 Å². The van der Waals surface area contributed by atoms with E-state index in [-0.39, 0.29) is 23.7 Å². The molecule has 1 aliphatic heterocycles. The normalized spacial score (nSPS) is 22.9. The topological polar surface area (TPSA) is 71.8 Å². The van der Waals surface area contributed by atoms with Crippen LogP contribution < -0.4 is 10.2 Å². The van der Waals surface area contributed by atoms with Gasteiger partial charge in [0.1, 0.15) is 17.3 Å². The van der Waals surface area contributed by atoms with Crippen LogP contribution in [0.3, 0.4) is 0 Å². The van der Waals surface area contributed by atoms with Crippen LogP contribution in [0.25, 0.3) is 17.4 Å². The maximum atomic E-state index is 13.7. The van der Waals surface area contributed by atoms with Gasteiger partial charge in [0.2, 0.25) is 0 Å². The van der Waals surface area contributed by atoms with Crippen molar-refractivity contribution in [2.75, 3.05) is 7.11 Å². The Morgan fingerprint density at radius 1 is 0.842 bits per heavy atom. The van der Waals surface area contributed by atoms with E-state index in [1.807, 2.05) is 30.3 Å². The fourth-order valence-corrected chi connectivity index (χ4v) is 6.63. The number of rotatable bonds is 5. The van der Waals surface area contributed by atoms with Crippen LogP contribution in [0.15, 0.2) is 89.5 Å². The fraction of sp³-hybridized carbons (Fsp3) is 0.161. The SMILES string of the molecule is COc1ccc(Cl)cc1-c1ccc(/C=C/NN2C(=O)[C@@H]3C4c5ccccc5C(c5ccccc54)[C@@H]3C2=O)o1. The molecule has 0 saturated carbocycles. The zero-order valence-corrected chi connectivity index (χ0v) is 21.2. The van der Waals surface area contributed by atoms with E-state index in [0.29, 0.717) is 22.3 Å². The lowest BCUT2D eigenvalue weighted by Crippen LogP contribution is -2.41. The minimum absolute atomic E-state index is 0.134. The molecule has 2 heterocycles. The molecule has 1 saturated heterocycles. The molecule has 3 aliphatic carbocycles. The number of benzene rings is 3. The molecule has 0 unspecified atom stereocenters. The third-order valence-electron chi connectivity index (χ3n) is 7.95. The van der Waals surface area contributed by atoms with E-state index in [1.54, 1.807) is 43.7 Å². The van der Waals surface area contributed by atoms with Gasteiger partial charge in [0.25, 0.3) is 11.8 Å². The second kappa shape index (κ2) is 8.64. The summed E-state index contributed by atoms with van der Waals surface area (Å²) in [4.78, 5) is 27.3. The van der Waals surface area contributed by atoms with E-state index >= 15 is 0 Å². The molecule has 38 heavy (non-hydrogen) atoms. The highest BCUT2D eigenvalue weighted by Gasteiger charge is 2.61. The number of hydrazine groups is 1. The maximum absolute atomic E-state index is 13.7. The Morgan fingerprint density at radius 2 is 1.42 bits per heavy atom. The molecular formula is C31H23ClN2O4. The number of ether oxygens (including phenoxy) is 1. The lowest BCUT2D eigenvalue weighted by Gasteiger charge is -2.45. The summed E-state index contributed by atoms with van der Waals surface area (Å²) >= 11 is 6.16. The third-order valence-corrected chi connectivity index (χ3v) is 8.19. The summed E-state index contributed by atoms with van der Waals surface area (Å²) < 4.78 is 11.4. The van der Waals surface area contributed by atoms with Crippen LogP contribution in [0.1, 0.15) is 39.8 Å². The summed E-state index contributed by atoms with van der Waals surface area (Å²) in [5, 5.41) is 1.75. The second-order valence-electron chi connectivity index (χ2n) is 9.79. The van der Waals surface area contributed by atoms with Crippen molar-refractivity contribution in [3.05, 3.63) is 118 Å². The third kappa shape index (κ3) is 3.26. The predicted molar refractivity (Wildman–Crippen MR) is 143 cm³/mol. The zero-order chi connectivity index (χ0) is 26.0. The average Bonchev–Trinajstić information content (AvgIpc) is 3.52. The van der Waals surface area contributed by atoms with E-state index in [1.165, 1.54) is 5.01 Å². The molecule has 0 spiro atoms. The van der Waals surface area contributed by atoms with Crippen LogP contribution in [-0.4, -0.2) is 23.9 Å². The summed E-state index contributed by atoms with van der Waals surface area (Å²) in [6.07, 6.45) is 3.24. The van der Waals surface area contributed by atoms with Crippen LogP contribution in [0.2, 0.25) is 5.02 Å². The minimum atomic E-state index is -0.427. The van der Waals surface area contributed by atoms with Gasteiger partial charge in [-0.3, -0.25) is 15.0 Å². The Kier molecular flexibility index (Phi) is 5.20. The first-order valence-corrected chi connectivity index (χ1v) is 12.9. The quantitative estimate of drug-likeness (QED) is 0.327. The number of carbonyl (C=O) groups excluding carboxylic acids is 2. The molecule has 8 rings (SSSR count). The molecule has 0 radical (unpaired) electrons. The van der Waals surface area contributed by atoms with Gasteiger partial charge in [-0.2, -0.15) is 5.01 Å². The first kappa shape index (κ1) is 22.9. The lowest BCUT2D eigenvalue weighted by molar-refractivity contribution is -0.142. The molecule has 188 valence electrons. The number of nitrogens with zero attached hydrogens (tertiary/aromatic N) is 1. The van der Waals surface area contributed by atoms with E-state index < -0.39 is 11.8 Å². The van der Waals surface area contributed by atoms with Gasteiger partial charge < -0.3 is 9.15 Å². The standard InChI is InChI=1S/C31H23ClN2O4/c1-37-24-12-10-17(32)16-23(24)25-13-11-18(38-25)14-15-33-34-30(35)28-26-19-6-2-3-7-20(19)27(29(28)31(34)36)22-9-5-4-8-21(22)26/h2-16,26-29,33H,1H3/b15-14+/t26?,27?,28-,29+. The second-order valence-corrected chi connectivity index (χ2v) is 10.2. The van der Waals surface area contributed by atoms with Crippen molar-refractivity contribution >= 4 is 29.5 Å². The highest BCUT2D eigenvalue weighted by atomic mass is 35.5. The fourth-order valence-electron chi connectivity index (χ4n) is 6.46. The molecule has 2 bridgehead atoms. The van der Waals surface area contributed by atoms with Gasteiger partial charge in [-0.1, -0.05) is 60.1 Å². The van der Waals surface area contributed by atoms with Crippen LogP contribution in [0.5, 0.6) is 5.75 Å². The first-order valence-electron chi connectivity index (χ1n) is 12.5. The van der Waals surface area contributed by atoms with Crippen molar-refractivity contribution in [3.8, 4) is 17.1 Å². The van der Waals surface area contributed by atoms with Crippen molar-refractivity contribution < 1.29 is 18.7 Å². The van der Waals surface area contributed by atoms with Crippen molar-refractivity contribution in [1.82, 2.24) is 10.4 Å². The number of hydrogen-bond acceptors (Lipinski definition) is 5. The van der Waals surface area contributed by atoms with E-state index in [4.69, 9.17) is 20.8 Å². The Balaban J connectivity index is 1.16. The summed E-state index contributed by atoms with van der Waals surface area (Å²) in [7, 11) is 1.59. The summed E-state index contributed by atoms with van der Waals surface area (Å²) in [6, 6.07) is 25.3. The molecule has 7 heteroatoms. The van der Waals surface area contributed by atoms with E-state index in [9.17, 15) is 9.59 Å². The monoisotopic (exact) mass is 522 g/mol. The predicted octanol–water partition coefficient (Wildman–Crippen LogP) is 5.98. The molecule has 2 atom stereocenters. The Bertz CT molecular complexity index is 1520. The number of hydrogen-bond donors (Lipinski definition) is 1. The number of imide groups is 1. The van der Waals surface area contributed by atoms with Crippen molar-refractivity contribution in [1.29, 1.82) is 0 Å². The Morgan fingerprint density at radius 3 is 1.97 bits per heavy atom. The van der Waals surface area contributed by atoms with Gasteiger partial charge in [-0.25, -0.2) is 0 Å². The molecule has 2 amide bonds. The number of halogens is 1. The smallest absolute Gasteiger partial charge is 0.253 e. The first-order chi connectivity index (χ1) is 18.6. The summed E-state index contributed by atoms with van der Waals surface area (Å²) in [6.45, 7) is 0. The molecule has 1 N–H and O–H groups in total. The molecular weight excluding hydrogens is 500 g/mol. The number of carbonyl (C=O) groups is 2. The molecule has 3 aromatic carbocycles. The van der Waals surface area contributed by atoms with Crippen LogP contribution >= 0.6 is 11.6 Å². The van der Waals surface area contributed by atoms with Crippen molar-refractivity contribution in [2.45, 2.75) is 11.8 Å². The molecule has 4 aromatic rings. The van der Waals surface area contributed by atoms with Gasteiger partial charge in [-0.05, 0) is 58.7 Å². The van der Waals surface area contributed by atoms with Crippen LogP contribution in [-0.2, 0) is 9.59 Å². The highest BCUT2D eigenvalue weighted by molar-refractivity contribution is 6.31. The number of furan rings is 1. The largest absolute Gasteiger partial charge is 0.496 e.